The van der Waals surface area contributed by atoms with Gasteiger partial charge in [-0.3, -0.25) is 0 Å². The predicted molar refractivity (Wildman–Crippen MR) is 131 cm³/mol. The van der Waals surface area contributed by atoms with Crippen molar-refractivity contribution < 1.29 is 4.65 Å². The number of benzene rings is 2. The molecule has 3 bridgehead atoms. The minimum absolute atomic E-state index is 0.0925. The second kappa shape index (κ2) is 5.40. The summed E-state index contributed by atoms with van der Waals surface area (Å²) in [7, 11) is 0. The van der Waals surface area contributed by atoms with Crippen molar-refractivity contribution in [3.63, 3.8) is 0 Å². The number of hydrogen-bond acceptors (Lipinski definition) is 1. The zero-order valence-corrected chi connectivity index (χ0v) is 20.1. The van der Waals surface area contributed by atoms with E-state index in [0.717, 1.165) is 30.0 Å². The van der Waals surface area contributed by atoms with Crippen LogP contribution in [0.2, 0.25) is 6.32 Å². The molecular formula is C30H35BO. The van der Waals surface area contributed by atoms with Crippen molar-refractivity contribution in [2.45, 2.75) is 77.1 Å². The van der Waals surface area contributed by atoms with E-state index < -0.39 is 0 Å². The van der Waals surface area contributed by atoms with Crippen LogP contribution in [0.1, 0.15) is 70.9 Å². The number of fused-ring (bicyclic) bond motifs is 9. The van der Waals surface area contributed by atoms with E-state index in [-0.39, 0.29) is 23.3 Å². The highest BCUT2D eigenvalue weighted by atomic mass is 16.5. The third kappa shape index (κ3) is 1.83. The Balaban J connectivity index is 1.38. The van der Waals surface area contributed by atoms with Gasteiger partial charge in [-0.15, -0.1) is 0 Å². The molecule has 2 aromatic rings. The molecule has 32 heavy (non-hydrogen) atoms. The summed E-state index contributed by atoms with van der Waals surface area (Å²) in [6, 6.07) is 16.7. The van der Waals surface area contributed by atoms with Gasteiger partial charge in [0.2, 0.25) is 0 Å². The molecule has 0 amide bonds. The zero-order valence-electron chi connectivity index (χ0n) is 20.1. The smallest absolute Gasteiger partial charge is 0.328 e. The molecule has 1 heterocycles. The van der Waals surface area contributed by atoms with Crippen molar-refractivity contribution >= 4 is 12.4 Å². The highest BCUT2D eigenvalue weighted by Gasteiger charge is 2.79. The molecule has 1 aliphatic heterocycles. The van der Waals surface area contributed by atoms with Crippen molar-refractivity contribution in [3.8, 4) is 11.1 Å². The molecule has 1 saturated heterocycles. The third-order valence-electron chi connectivity index (χ3n) is 11.9. The molecule has 164 valence electrons. The molecule has 2 spiro atoms. The largest absolute Gasteiger partial charge is 0.426 e. The normalized spacial score (nSPS) is 42.8. The van der Waals surface area contributed by atoms with Crippen LogP contribution in [0.3, 0.4) is 0 Å². The fourth-order valence-corrected chi connectivity index (χ4v) is 10.4. The summed E-state index contributed by atoms with van der Waals surface area (Å²) >= 11 is 0. The summed E-state index contributed by atoms with van der Waals surface area (Å²) in [5.74, 6) is 3.69. The summed E-state index contributed by atoms with van der Waals surface area (Å²) in [6.07, 6.45) is 8.64. The first-order valence-corrected chi connectivity index (χ1v) is 13.2. The van der Waals surface area contributed by atoms with Crippen LogP contribution in [0, 0.1) is 34.5 Å². The molecule has 2 aromatic carbocycles. The Morgan fingerprint density at radius 3 is 2.19 bits per heavy atom. The second-order valence-corrected chi connectivity index (χ2v) is 13.6. The molecule has 0 aromatic heterocycles. The van der Waals surface area contributed by atoms with E-state index in [4.69, 9.17) is 4.65 Å². The Kier molecular flexibility index (Phi) is 3.18. The monoisotopic (exact) mass is 422 g/mol. The van der Waals surface area contributed by atoms with Crippen molar-refractivity contribution in [2.75, 3.05) is 0 Å². The highest BCUT2D eigenvalue weighted by Crippen LogP contribution is 2.85. The van der Waals surface area contributed by atoms with E-state index >= 15 is 0 Å². The molecule has 5 fully saturated rings. The molecule has 4 atom stereocenters. The van der Waals surface area contributed by atoms with Gasteiger partial charge in [-0.05, 0) is 114 Å². The molecule has 4 unspecified atom stereocenters. The molecule has 2 heteroatoms. The standard InChI is InChI=1S/C30H35BO/c1-27(2)17-31(32-28(27,3)4)23-11-7-9-21-20-8-5-6-10-22(20)30(26(21)23)24-13-18-12-19-14-25(30)29(24,15-18)16-19/h5-11,18-19,24-25H,12-17H2,1-4H3. The fourth-order valence-electron chi connectivity index (χ4n) is 10.4. The van der Waals surface area contributed by atoms with Crippen LogP contribution in [-0.2, 0) is 10.1 Å². The summed E-state index contributed by atoms with van der Waals surface area (Å²) in [5.41, 5.74) is 8.97. The van der Waals surface area contributed by atoms with Gasteiger partial charge in [0.15, 0.2) is 0 Å². The van der Waals surface area contributed by atoms with Gasteiger partial charge < -0.3 is 4.65 Å². The minimum atomic E-state index is -0.0925. The van der Waals surface area contributed by atoms with E-state index in [0.29, 0.717) is 5.41 Å². The Labute approximate surface area is 193 Å². The SMILES string of the molecule is CC1(C)CB(c2cccc3c2C2(c4ccccc4-3)C3CC4CC5CC2C3(C4)C5)OC1(C)C. The lowest BCUT2D eigenvalue weighted by atomic mass is 9.36. The van der Waals surface area contributed by atoms with Crippen molar-refractivity contribution in [1.82, 2.24) is 0 Å². The number of rotatable bonds is 1. The van der Waals surface area contributed by atoms with Crippen LogP contribution in [0.5, 0.6) is 0 Å². The van der Waals surface area contributed by atoms with Gasteiger partial charge in [-0.25, -0.2) is 0 Å². The van der Waals surface area contributed by atoms with Crippen LogP contribution >= 0.6 is 0 Å². The van der Waals surface area contributed by atoms with Crippen LogP contribution in [0.25, 0.3) is 11.1 Å². The van der Waals surface area contributed by atoms with Gasteiger partial charge >= 0.3 is 6.92 Å². The van der Waals surface area contributed by atoms with Gasteiger partial charge in [0.05, 0.1) is 5.60 Å². The summed E-state index contributed by atoms with van der Waals surface area (Å²) < 4.78 is 6.89. The number of hydrogen-bond donors (Lipinski definition) is 0. The summed E-state index contributed by atoms with van der Waals surface area (Å²) in [4.78, 5) is 0. The van der Waals surface area contributed by atoms with Crippen LogP contribution < -0.4 is 5.46 Å². The molecule has 6 aliphatic rings. The molecule has 1 nitrogen and oxygen atoms in total. The minimum Gasteiger partial charge on any atom is -0.426 e. The maximum Gasteiger partial charge on any atom is 0.328 e. The van der Waals surface area contributed by atoms with E-state index in [9.17, 15) is 0 Å². The summed E-state index contributed by atoms with van der Waals surface area (Å²) in [6.45, 7) is 9.62. The topological polar surface area (TPSA) is 9.23 Å². The van der Waals surface area contributed by atoms with Crippen LogP contribution in [-0.4, -0.2) is 12.5 Å². The Morgan fingerprint density at radius 1 is 0.812 bits per heavy atom. The quantitative estimate of drug-likeness (QED) is 0.481. The zero-order chi connectivity index (χ0) is 21.7. The molecule has 5 aliphatic carbocycles. The summed E-state index contributed by atoms with van der Waals surface area (Å²) in [5, 5.41) is 0. The average molecular weight is 422 g/mol. The first-order valence-electron chi connectivity index (χ1n) is 13.2. The predicted octanol–water partition coefficient (Wildman–Crippen LogP) is 6.44. The average Bonchev–Trinajstić information content (AvgIpc) is 3.35. The van der Waals surface area contributed by atoms with Crippen molar-refractivity contribution in [1.29, 1.82) is 0 Å². The molecule has 0 N–H and O–H groups in total. The van der Waals surface area contributed by atoms with Gasteiger partial charge in [0.1, 0.15) is 0 Å². The van der Waals surface area contributed by atoms with E-state index in [1.165, 1.54) is 48.7 Å². The van der Waals surface area contributed by atoms with Gasteiger partial charge in [0.25, 0.3) is 0 Å². The van der Waals surface area contributed by atoms with Crippen molar-refractivity contribution in [3.05, 3.63) is 53.6 Å². The lowest BCUT2D eigenvalue weighted by Gasteiger charge is -2.65. The maximum atomic E-state index is 6.89. The van der Waals surface area contributed by atoms with E-state index in [1.54, 1.807) is 11.1 Å². The van der Waals surface area contributed by atoms with Crippen LogP contribution in [0.15, 0.2) is 42.5 Å². The second-order valence-electron chi connectivity index (χ2n) is 13.6. The first kappa shape index (κ1) is 18.8. The highest BCUT2D eigenvalue weighted by molar-refractivity contribution is 6.69. The third-order valence-corrected chi connectivity index (χ3v) is 11.9. The molecule has 8 rings (SSSR count). The van der Waals surface area contributed by atoms with E-state index in [2.05, 4.69) is 70.2 Å². The van der Waals surface area contributed by atoms with Crippen molar-refractivity contribution in [2.24, 2.45) is 34.5 Å². The Morgan fingerprint density at radius 2 is 1.50 bits per heavy atom. The van der Waals surface area contributed by atoms with Gasteiger partial charge in [0, 0.05) is 5.41 Å². The first-order chi connectivity index (χ1) is 15.3. The van der Waals surface area contributed by atoms with E-state index in [1.807, 2.05) is 0 Å². The Hall–Kier alpha value is -1.54. The lowest BCUT2D eigenvalue weighted by Crippen LogP contribution is -2.64. The van der Waals surface area contributed by atoms with Crippen LogP contribution in [0.4, 0.5) is 0 Å². The molecular weight excluding hydrogens is 387 g/mol. The Bertz CT molecular complexity index is 1140. The fraction of sp³-hybridized carbons (Fsp3) is 0.600. The lowest BCUT2D eigenvalue weighted by molar-refractivity contribution is -0.0816. The van der Waals surface area contributed by atoms with Gasteiger partial charge in [-0.1, -0.05) is 56.3 Å². The van der Waals surface area contributed by atoms with Gasteiger partial charge in [-0.2, -0.15) is 0 Å². The molecule has 0 radical (unpaired) electrons. The molecule has 4 saturated carbocycles. The maximum absolute atomic E-state index is 6.89.